The summed E-state index contributed by atoms with van der Waals surface area (Å²) >= 11 is 6.00. The highest BCUT2D eigenvalue weighted by Crippen LogP contribution is 2.32. The van der Waals surface area contributed by atoms with Gasteiger partial charge in [0.2, 0.25) is 0 Å². The molecule has 0 atom stereocenters. The van der Waals surface area contributed by atoms with Crippen LogP contribution in [0.25, 0.3) is 22.0 Å². The normalized spacial score (nSPS) is 11.1. The van der Waals surface area contributed by atoms with Gasteiger partial charge in [-0.25, -0.2) is 0 Å². The second-order valence-corrected chi connectivity index (χ2v) is 7.27. The maximum atomic E-state index is 12.9. The van der Waals surface area contributed by atoms with Crippen molar-refractivity contribution in [1.29, 1.82) is 0 Å². The summed E-state index contributed by atoms with van der Waals surface area (Å²) in [6.45, 7) is 4.24. The lowest BCUT2D eigenvalue weighted by atomic mass is 10.00. The number of carbonyl (C=O) groups is 1. The molecule has 28 heavy (non-hydrogen) atoms. The summed E-state index contributed by atoms with van der Waals surface area (Å²) < 4.78 is 5.76. The number of furan rings is 1. The number of para-hydroxylation sites is 1. The van der Waals surface area contributed by atoms with E-state index in [-0.39, 0.29) is 5.91 Å². The first-order valence-electron chi connectivity index (χ1n) is 9.23. The van der Waals surface area contributed by atoms with Gasteiger partial charge in [-0.1, -0.05) is 41.9 Å². The van der Waals surface area contributed by atoms with Crippen molar-refractivity contribution in [3.63, 3.8) is 0 Å². The van der Waals surface area contributed by atoms with Crippen molar-refractivity contribution < 1.29 is 9.21 Å². The van der Waals surface area contributed by atoms with Crippen molar-refractivity contribution in [1.82, 2.24) is 10.3 Å². The number of amides is 1. The minimum atomic E-state index is -0.126. The van der Waals surface area contributed by atoms with Crippen molar-refractivity contribution in [2.75, 3.05) is 6.54 Å². The molecule has 0 aliphatic carbocycles. The number of carbonyl (C=O) groups excluding carboxylic acids is 1. The second-order valence-electron chi connectivity index (χ2n) is 6.84. The summed E-state index contributed by atoms with van der Waals surface area (Å²) in [5.74, 6) is 1.22. The molecule has 4 nitrogen and oxygen atoms in total. The van der Waals surface area contributed by atoms with Crippen molar-refractivity contribution in [2.45, 2.75) is 20.3 Å². The molecule has 142 valence electrons. The predicted molar refractivity (Wildman–Crippen MR) is 113 cm³/mol. The Morgan fingerprint density at radius 1 is 1.07 bits per heavy atom. The van der Waals surface area contributed by atoms with E-state index >= 15 is 0 Å². The molecule has 2 aromatic heterocycles. The number of rotatable bonds is 5. The molecule has 0 aliphatic heterocycles. The van der Waals surface area contributed by atoms with E-state index < -0.39 is 0 Å². The van der Waals surface area contributed by atoms with E-state index in [1.165, 1.54) is 10.9 Å². The average molecular weight is 393 g/mol. The number of fused-ring (bicyclic) bond motifs is 1. The third-order valence-corrected chi connectivity index (χ3v) is 5.23. The summed E-state index contributed by atoms with van der Waals surface area (Å²) in [6.07, 6.45) is 2.76. The van der Waals surface area contributed by atoms with Crippen LogP contribution in [0.5, 0.6) is 0 Å². The van der Waals surface area contributed by atoms with Crippen molar-refractivity contribution in [3.8, 4) is 11.1 Å². The molecule has 2 aromatic carbocycles. The van der Waals surface area contributed by atoms with Crippen LogP contribution in [0.1, 0.15) is 27.4 Å². The Balaban J connectivity index is 1.53. The maximum absolute atomic E-state index is 12.9. The molecule has 0 spiro atoms. The zero-order valence-electron chi connectivity index (χ0n) is 15.8. The second kappa shape index (κ2) is 7.56. The van der Waals surface area contributed by atoms with Crippen LogP contribution in [-0.4, -0.2) is 17.4 Å². The topological polar surface area (TPSA) is 58.0 Å². The first kappa shape index (κ1) is 18.4. The molecule has 0 fully saturated rings. The molecule has 0 unspecified atom stereocenters. The highest BCUT2D eigenvalue weighted by atomic mass is 35.5. The van der Waals surface area contributed by atoms with Gasteiger partial charge in [0.25, 0.3) is 5.91 Å². The Bertz CT molecular complexity index is 1140. The largest absolute Gasteiger partial charge is 0.465 e. The van der Waals surface area contributed by atoms with E-state index in [1.54, 1.807) is 0 Å². The smallest absolute Gasteiger partial charge is 0.255 e. The van der Waals surface area contributed by atoms with Crippen molar-refractivity contribution >= 4 is 28.4 Å². The number of H-pyrrole nitrogens is 1. The Kier molecular flexibility index (Phi) is 4.97. The van der Waals surface area contributed by atoms with Crippen molar-refractivity contribution in [2.24, 2.45) is 0 Å². The van der Waals surface area contributed by atoms with Crippen LogP contribution in [-0.2, 0) is 6.42 Å². The van der Waals surface area contributed by atoms with Gasteiger partial charge in [-0.2, -0.15) is 0 Å². The molecule has 4 aromatic rings. The van der Waals surface area contributed by atoms with Crippen LogP contribution < -0.4 is 5.32 Å². The summed E-state index contributed by atoms with van der Waals surface area (Å²) in [4.78, 5) is 16.2. The Hall–Kier alpha value is -2.98. The Morgan fingerprint density at radius 3 is 2.61 bits per heavy atom. The first-order valence-corrected chi connectivity index (χ1v) is 9.61. The molecule has 2 heterocycles. The minimum Gasteiger partial charge on any atom is -0.465 e. The number of nitrogens with one attached hydrogen (secondary N) is 2. The number of benzene rings is 2. The summed E-state index contributed by atoms with van der Waals surface area (Å²) in [5, 5.41) is 4.89. The minimum absolute atomic E-state index is 0.126. The molecular weight excluding hydrogens is 372 g/mol. The number of aromatic nitrogens is 1. The van der Waals surface area contributed by atoms with Crippen LogP contribution in [0.2, 0.25) is 5.02 Å². The Labute approximate surface area is 168 Å². The zero-order valence-corrected chi connectivity index (χ0v) is 16.6. The Morgan fingerprint density at radius 2 is 1.82 bits per heavy atom. The monoisotopic (exact) mass is 392 g/mol. The van der Waals surface area contributed by atoms with Gasteiger partial charge >= 0.3 is 0 Å². The number of hydrogen-bond donors (Lipinski definition) is 2. The van der Waals surface area contributed by atoms with Gasteiger partial charge in [0.05, 0.1) is 5.56 Å². The van der Waals surface area contributed by atoms with Crippen LogP contribution in [0.15, 0.2) is 59.1 Å². The van der Waals surface area contributed by atoms with E-state index in [2.05, 4.69) is 16.4 Å². The van der Waals surface area contributed by atoms with Crippen LogP contribution in [0.3, 0.4) is 0 Å². The van der Waals surface area contributed by atoms with Gasteiger partial charge in [-0.3, -0.25) is 4.79 Å². The third-order valence-electron chi connectivity index (χ3n) is 4.98. The molecule has 0 aliphatic rings. The summed E-state index contributed by atoms with van der Waals surface area (Å²) in [5.41, 5.74) is 4.61. The van der Waals surface area contributed by atoms with Crippen molar-refractivity contribution in [3.05, 3.63) is 82.4 Å². The molecule has 0 saturated carbocycles. The zero-order chi connectivity index (χ0) is 19.7. The lowest BCUT2D eigenvalue weighted by Crippen LogP contribution is -2.26. The number of hydrogen-bond acceptors (Lipinski definition) is 2. The highest BCUT2D eigenvalue weighted by molar-refractivity contribution is 6.30. The number of aromatic amines is 1. The average Bonchev–Trinajstić information content (AvgIpc) is 3.23. The lowest BCUT2D eigenvalue weighted by molar-refractivity contribution is 0.0953. The molecular formula is C23H21ClN2O2. The van der Waals surface area contributed by atoms with Gasteiger partial charge in [0.1, 0.15) is 11.5 Å². The standard InChI is InChI=1S/C23H21ClN2O2/c1-14-21(16-7-9-18(24)10-8-16)22(15(2)28-14)23(27)25-12-11-17-13-26-20-6-4-3-5-19(17)20/h3-10,13,26H,11-12H2,1-2H3,(H,25,27). The molecule has 2 N–H and O–H groups in total. The number of aryl methyl sites for hydroxylation is 2. The fourth-order valence-electron chi connectivity index (χ4n) is 3.66. The van der Waals surface area contributed by atoms with Crippen LogP contribution in [0.4, 0.5) is 0 Å². The van der Waals surface area contributed by atoms with Gasteiger partial charge in [-0.15, -0.1) is 0 Å². The van der Waals surface area contributed by atoms with Gasteiger partial charge < -0.3 is 14.7 Å². The fourth-order valence-corrected chi connectivity index (χ4v) is 3.78. The lowest BCUT2D eigenvalue weighted by Gasteiger charge is -2.08. The molecule has 4 rings (SSSR count). The fraction of sp³-hybridized carbons (Fsp3) is 0.174. The van der Waals surface area contributed by atoms with E-state index in [1.807, 2.05) is 62.5 Å². The third kappa shape index (κ3) is 3.43. The molecule has 0 bridgehead atoms. The van der Waals surface area contributed by atoms with Gasteiger partial charge in [-0.05, 0) is 49.6 Å². The van der Waals surface area contributed by atoms with E-state index in [4.69, 9.17) is 16.0 Å². The molecule has 1 amide bonds. The summed E-state index contributed by atoms with van der Waals surface area (Å²) in [6, 6.07) is 15.6. The number of halogens is 1. The SMILES string of the molecule is Cc1oc(C)c(-c2ccc(Cl)cc2)c1C(=O)NCCc1c[nH]c2ccccc12. The van der Waals surface area contributed by atoms with Crippen LogP contribution >= 0.6 is 11.6 Å². The van der Waals surface area contributed by atoms with Gasteiger partial charge in [0.15, 0.2) is 0 Å². The van der Waals surface area contributed by atoms with Crippen LogP contribution in [0, 0.1) is 13.8 Å². The maximum Gasteiger partial charge on any atom is 0.255 e. The van der Waals surface area contributed by atoms with E-state index in [0.717, 1.165) is 28.8 Å². The molecule has 0 saturated heterocycles. The first-order chi connectivity index (χ1) is 13.5. The van der Waals surface area contributed by atoms with Gasteiger partial charge in [0, 0.05) is 34.2 Å². The summed E-state index contributed by atoms with van der Waals surface area (Å²) in [7, 11) is 0. The molecule has 0 radical (unpaired) electrons. The predicted octanol–water partition coefficient (Wildman–Crippen LogP) is 5.67. The van der Waals surface area contributed by atoms with E-state index in [9.17, 15) is 4.79 Å². The van der Waals surface area contributed by atoms with E-state index in [0.29, 0.717) is 22.9 Å². The quantitative estimate of drug-likeness (QED) is 0.459. The highest BCUT2D eigenvalue weighted by Gasteiger charge is 2.22. The molecule has 5 heteroatoms.